The lowest BCUT2D eigenvalue weighted by atomic mass is 10.2. The van der Waals surface area contributed by atoms with E-state index in [9.17, 15) is 9.59 Å². The van der Waals surface area contributed by atoms with Crippen molar-refractivity contribution < 1.29 is 14.3 Å². The first kappa shape index (κ1) is 22.2. The Kier molecular flexibility index (Phi) is 7.44. The molecule has 1 saturated heterocycles. The number of aryl methyl sites for hydroxylation is 1. The smallest absolute Gasteiger partial charge is 0.339 e. The van der Waals surface area contributed by atoms with Gasteiger partial charge in [-0.1, -0.05) is 6.07 Å². The average Bonchev–Trinajstić information content (AvgIpc) is 2.75. The molecular weight excluding hydrogens is 448 g/mol. The highest BCUT2D eigenvalue weighted by molar-refractivity contribution is 9.10. The van der Waals surface area contributed by atoms with E-state index < -0.39 is 0 Å². The molecule has 2 aromatic rings. The molecule has 30 heavy (non-hydrogen) atoms. The number of benzene rings is 1. The van der Waals surface area contributed by atoms with E-state index in [2.05, 4.69) is 36.0 Å². The van der Waals surface area contributed by atoms with Crippen LogP contribution < -0.4 is 10.2 Å². The molecule has 1 fully saturated rings. The molecule has 7 nitrogen and oxygen atoms in total. The molecular formula is C22H27BrN4O3. The van der Waals surface area contributed by atoms with Crippen LogP contribution in [0.4, 0.5) is 11.5 Å². The van der Waals surface area contributed by atoms with E-state index in [1.807, 2.05) is 38.1 Å². The number of esters is 1. The fourth-order valence-corrected chi connectivity index (χ4v) is 3.96. The summed E-state index contributed by atoms with van der Waals surface area (Å²) in [5.41, 5.74) is 2.36. The molecule has 1 amide bonds. The third-order valence-corrected chi connectivity index (χ3v) is 5.86. The van der Waals surface area contributed by atoms with Crippen LogP contribution in [0.5, 0.6) is 0 Å². The highest BCUT2D eigenvalue weighted by Crippen LogP contribution is 2.24. The van der Waals surface area contributed by atoms with E-state index in [1.54, 1.807) is 19.2 Å². The number of ether oxygens (including phenoxy) is 1. The van der Waals surface area contributed by atoms with E-state index in [-0.39, 0.29) is 17.9 Å². The van der Waals surface area contributed by atoms with Gasteiger partial charge < -0.3 is 15.0 Å². The summed E-state index contributed by atoms with van der Waals surface area (Å²) < 4.78 is 5.87. The van der Waals surface area contributed by atoms with Gasteiger partial charge in [-0.15, -0.1) is 0 Å². The molecule has 160 valence electrons. The molecule has 1 atom stereocenters. The van der Waals surface area contributed by atoms with Gasteiger partial charge in [-0.05, 0) is 66.5 Å². The lowest BCUT2D eigenvalue weighted by molar-refractivity contribution is -0.120. The second kappa shape index (κ2) is 10.0. The van der Waals surface area contributed by atoms with E-state index >= 15 is 0 Å². The first-order valence-electron chi connectivity index (χ1n) is 10.1. The molecule has 2 heterocycles. The number of nitrogens with zero attached hydrogens (tertiary/aromatic N) is 3. The van der Waals surface area contributed by atoms with Crippen molar-refractivity contribution in [1.29, 1.82) is 0 Å². The highest BCUT2D eigenvalue weighted by Gasteiger charge is 2.26. The zero-order valence-corrected chi connectivity index (χ0v) is 19.1. The quantitative estimate of drug-likeness (QED) is 0.645. The number of nitrogens with one attached hydrogen (secondary N) is 1. The van der Waals surface area contributed by atoms with Gasteiger partial charge in [-0.25, -0.2) is 9.78 Å². The largest absolute Gasteiger partial charge is 0.462 e. The minimum absolute atomic E-state index is 0.0232. The number of rotatable bonds is 6. The Labute approximate surface area is 185 Å². The zero-order valence-electron chi connectivity index (χ0n) is 17.5. The van der Waals surface area contributed by atoms with Crippen molar-refractivity contribution in [3.63, 3.8) is 0 Å². The van der Waals surface area contributed by atoms with Crippen molar-refractivity contribution >= 4 is 39.3 Å². The van der Waals surface area contributed by atoms with Crippen LogP contribution in [0.15, 0.2) is 41.0 Å². The maximum Gasteiger partial charge on any atom is 0.339 e. The summed E-state index contributed by atoms with van der Waals surface area (Å²) in [6.45, 7) is 9.09. The second-order valence-corrected chi connectivity index (χ2v) is 8.15. The van der Waals surface area contributed by atoms with Gasteiger partial charge in [0.2, 0.25) is 5.91 Å². The highest BCUT2D eigenvalue weighted by atomic mass is 79.9. The number of carbonyl (C=O) groups excluding carboxylic acids is 2. The van der Waals surface area contributed by atoms with Crippen molar-refractivity contribution in [1.82, 2.24) is 9.88 Å². The maximum absolute atomic E-state index is 12.7. The molecule has 1 aliphatic heterocycles. The third-order valence-electron chi connectivity index (χ3n) is 5.21. The lowest BCUT2D eigenvalue weighted by Gasteiger charge is -2.38. The van der Waals surface area contributed by atoms with Gasteiger partial charge in [0, 0.05) is 36.8 Å². The van der Waals surface area contributed by atoms with Gasteiger partial charge in [-0.3, -0.25) is 9.69 Å². The van der Waals surface area contributed by atoms with Gasteiger partial charge in [0.1, 0.15) is 5.82 Å². The number of carbonyl (C=O) groups is 2. The minimum atomic E-state index is -0.360. The molecule has 1 aromatic heterocycles. The van der Waals surface area contributed by atoms with Gasteiger partial charge in [0.05, 0.1) is 23.9 Å². The molecule has 1 N–H and O–H groups in total. The standard InChI is InChI=1S/C22H27BrN4O3/c1-4-30-22(29)17-6-8-20(24-14-17)27-11-9-26(10-12-27)16(3)21(28)25-19-7-5-15(2)13-18(19)23/h5-8,13-14,16H,4,9-12H2,1-3H3,(H,25,28)/t16-/m1/s1. The fourth-order valence-electron chi connectivity index (χ4n) is 3.37. The Morgan fingerprint density at radius 1 is 1.20 bits per heavy atom. The van der Waals surface area contributed by atoms with Gasteiger partial charge in [0.15, 0.2) is 0 Å². The molecule has 0 bridgehead atoms. The van der Waals surface area contributed by atoms with Crippen LogP contribution >= 0.6 is 15.9 Å². The number of aromatic nitrogens is 1. The number of hydrogen-bond acceptors (Lipinski definition) is 6. The molecule has 0 unspecified atom stereocenters. The maximum atomic E-state index is 12.7. The molecule has 0 saturated carbocycles. The number of hydrogen-bond donors (Lipinski definition) is 1. The summed E-state index contributed by atoms with van der Waals surface area (Å²) >= 11 is 3.51. The lowest BCUT2D eigenvalue weighted by Crippen LogP contribution is -2.53. The van der Waals surface area contributed by atoms with Gasteiger partial charge >= 0.3 is 5.97 Å². The summed E-state index contributed by atoms with van der Waals surface area (Å²) in [6, 6.07) is 9.21. The second-order valence-electron chi connectivity index (χ2n) is 7.30. The third kappa shape index (κ3) is 5.37. The van der Waals surface area contributed by atoms with E-state index in [1.165, 1.54) is 0 Å². The topological polar surface area (TPSA) is 74.8 Å². The molecule has 0 radical (unpaired) electrons. The average molecular weight is 475 g/mol. The molecule has 1 aliphatic rings. The zero-order chi connectivity index (χ0) is 21.7. The number of anilines is 2. The van der Waals surface area contributed by atoms with Crippen LogP contribution in [-0.2, 0) is 9.53 Å². The van der Waals surface area contributed by atoms with E-state index in [0.29, 0.717) is 12.2 Å². The number of amides is 1. The Bertz CT molecular complexity index is 896. The number of pyridine rings is 1. The summed E-state index contributed by atoms with van der Waals surface area (Å²) in [6.07, 6.45) is 1.55. The predicted molar refractivity (Wildman–Crippen MR) is 121 cm³/mol. The molecule has 3 rings (SSSR count). The first-order valence-corrected chi connectivity index (χ1v) is 10.9. The van der Waals surface area contributed by atoms with Crippen molar-refractivity contribution in [2.75, 3.05) is 43.0 Å². The van der Waals surface area contributed by atoms with Crippen LogP contribution in [0, 0.1) is 6.92 Å². The van der Waals surface area contributed by atoms with Gasteiger partial charge in [0.25, 0.3) is 0 Å². The Morgan fingerprint density at radius 2 is 1.93 bits per heavy atom. The van der Waals surface area contributed by atoms with Gasteiger partial charge in [-0.2, -0.15) is 0 Å². The summed E-state index contributed by atoms with van der Waals surface area (Å²) in [7, 11) is 0. The monoisotopic (exact) mass is 474 g/mol. The van der Waals surface area contributed by atoms with Crippen LogP contribution in [0.2, 0.25) is 0 Å². The molecule has 0 aliphatic carbocycles. The fraction of sp³-hybridized carbons (Fsp3) is 0.409. The number of piperazine rings is 1. The van der Waals surface area contributed by atoms with Crippen molar-refractivity contribution in [3.05, 3.63) is 52.1 Å². The molecule has 0 spiro atoms. The van der Waals surface area contributed by atoms with Crippen molar-refractivity contribution in [3.8, 4) is 0 Å². The summed E-state index contributed by atoms with van der Waals surface area (Å²) in [4.78, 5) is 33.2. The van der Waals surface area contributed by atoms with Crippen LogP contribution in [0.25, 0.3) is 0 Å². The Balaban J connectivity index is 1.54. The van der Waals surface area contributed by atoms with Crippen LogP contribution in [-0.4, -0.2) is 60.6 Å². The molecule has 1 aromatic carbocycles. The molecule has 8 heteroatoms. The van der Waals surface area contributed by atoms with E-state index in [4.69, 9.17) is 4.74 Å². The Morgan fingerprint density at radius 3 is 2.53 bits per heavy atom. The Hall–Kier alpha value is -2.45. The van der Waals surface area contributed by atoms with Crippen LogP contribution in [0.3, 0.4) is 0 Å². The predicted octanol–water partition coefficient (Wildman–Crippen LogP) is 3.48. The minimum Gasteiger partial charge on any atom is -0.462 e. The van der Waals surface area contributed by atoms with E-state index in [0.717, 1.165) is 47.7 Å². The summed E-state index contributed by atoms with van der Waals surface area (Å²) in [5, 5.41) is 3.01. The van der Waals surface area contributed by atoms with Crippen molar-refractivity contribution in [2.45, 2.75) is 26.8 Å². The normalized spacial score (nSPS) is 15.5. The number of halogens is 1. The summed E-state index contributed by atoms with van der Waals surface area (Å²) in [5.74, 6) is 0.440. The first-order chi connectivity index (χ1) is 14.4. The van der Waals surface area contributed by atoms with Crippen LogP contribution in [0.1, 0.15) is 29.8 Å². The SMILES string of the molecule is CCOC(=O)c1ccc(N2CCN([C@H](C)C(=O)Nc3ccc(C)cc3Br)CC2)nc1. The van der Waals surface area contributed by atoms with Crippen molar-refractivity contribution in [2.24, 2.45) is 0 Å².